The molecular weight excluding hydrogens is 194 g/mol. The number of hydrogen-bond donors (Lipinski definition) is 1. The highest BCUT2D eigenvalue weighted by Gasteiger charge is 2.06. The van der Waals surface area contributed by atoms with Gasteiger partial charge in [0.1, 0.15) is 0 Å². The second-order valence-electron chi connectivity index (χ2n) is 2.91. The largest absolute Gasteiger partial charge is 0.397 e. The van der Waals surface area contributed by atoms with E-state index in [-0.39, 0.29) is 0 Å². The second kappa shape index (κ2) is 3.64. The standard InChI is InChI=1S/C11H9NOS/c12-9-6-10(14-11(9)7-13)8-4-2-1-3-5-8/h1-7H,12H2. The Labute approximate surface area is 86.0 Å². The van der Waals surface area contributed by atoms with E-state index in [0.29, 0.717) is 10.6 Å². The summed E-state index contributed by atoms with van der Waals surface area (Å²) in [7, 11) is 0. The van der Waals surface area contributed by atoms with Gasteiger partial charge < -0.3 is 5.73 Å². The van der Waals surface area contributed by atoms with Gasteiger partial charge in [-0.05, 0) is 11.6 Å². The summed E-state index contributed by atoms with van der Waals surface area (Å²) in [5, 5.41) is 0. The van der Waals surface area contributed by atoms with Crippen LogP contribution in [0, 0.1) is 0 Å². The zero-order chi connectivity index (χ0) is 9.97. The number of nitrogen functional groups attached to an aromatic ring is 1. The van der Waals surface area contributed by atoms with Crippen molar-refractivity contribution in [2.45, 2.75) is 0 Å². The van der Waals surface area contributed by atoms with E-state index < -0.39 is 0 Å². The van der Waals surface area contributed by atoms with E-state index in [9.17, 15) is 4.79 Å². The van der Waals surface area contributed by atoms with Crippen molar-refractivity contribution in [1.29, 1.82) is 0 Å². The molecule has 2 aromatic rings. The first kappa shape index (κ1) is 8.97. The summed E-state index contributed by atoms with van der Waals surface area (Å²) in [6.45, 7) is 0. The Morgan fingerprint density at radius 3 is 2.50 bits per heavy atom. The molecule has 0 aliphatic rings. The van der Waals surface area contributed by atoms with Crippen molar-refractivity contribution in [2.24, 2.45) is 0 Å². The molecule has 0 fully saturated rings. The van der Waals surface area contributed by atoms with Crippen molar-refractivity contribution in [1.82, 2.24) is 0 Å². The minimum absolute atomic E-state index is 0.559. The van der Waals surface area contributed by atoms with Crippen LogP contribution in [-0.4, -0.2) is 6.29 Å². The quantitative estimate of drug-likeness (QED) is 0.763. The molecule has 0 saturated heterocycles. The molecular formula is C11H9NOS. The molecule has 0 aliphatic heterocycles. The summed E-state index contributed by atoms with van der Waals surface area (Å²) < 4.78 is 0. The fourth-order valence-corrected chi connectivity index (χ4v) is 2.16. The fraction of sp³-hybridized carbons (Fsp3) is 0. The van der Waals surface area contributed by atoms with Crippen LogP contribution in [0.25, 0.3) is 10.4 Å². The number of thiophene rings is 1. The lowest BCUT2D eigenvalue weighted by molar-refractivity contribution is 0.112. The van der Waals surface area contributed by atoms with Crippen LogP contribution >= 0.6 is 11.3 Å². The maximum atomic E-state index is 10.6. The van der Waals surface area contributed by atoms with Crippen LogP contribution in [0.1, 0.15) is 9.67 Å². The number of nitrogens with two attached hydrogens (primary N) is 1. The van der Waals surface area contributed by atoms with Crippen molar-refractivity contribution in [2.75, 3.05) is 5.73 Å². The molecule has 2 nitrogen and oxygen atoms in total. The molecule has 14 heavy (non-hydrogen) atoms. The first-order chi connectivity index (χ1) is 6.81. The number of rotatable bonds is 2. The topological polar surface area (TPSA) is 43.1 Å². The first-order valence-corrected chi connectivity index (χ1v) is 5.03. The summed E-state index contributed by atoms with van der Waals surface area (Å²) >= 11 is 1.42. The monoisotopic (exact) mass is 203 g/mol. The van der Waals surface area contributed by atoms with Gasteiger partial charge >= 0.3 is 0 Å². The molecule has 0 atom stereocenters. The van der Waals surface area contributed by atoms with E-state index in [1.54, 1.807) is 0 Å². The van der Waals surface area contributed by atoms with Crippen LogP contribution in [0.15, 0.2) is 36.4 Å². The zero-order valence-electron chi connectivity index (χ0n) is 7.44. The molecule has 2 rings (SSSR count). The molecule has 3 heteroatoms. The van der Waals surface area contributed by atoms with Crippen LogP contribution in [0.4, 0.5) is 5.69 Å². The highest BCUT2D eigenvalue weighted by molar-refractivity contribution is 7.17. The molecule has 0 amide bonds. The average molecular weight is 203 g/mol. The number of hydrogen-bond acceptors (Lipinski definition) is 3. The summed E-state index contributed by atoms with van der Waals surface area (Å²) in [5.74, 6) is 0. The first-order valence-electron chi connectivity index (χ1n) is 4.21. The molecule has 70 valence electrons. The number of carbonyl (C=O) groups is 1. The number of benzene rings is 1. The van der Waals surface area contributed by atoms with E-state index in [0.717, 1.165) is 16.7 Å². The molecule has 2 N–H and O–H groups in total. The molecule has 0 saturated carbocycles. The Bertz CT molecular complexity index is 448. The molecule has 1 aromatic carbocycles. The Hall–Kier alpha value is -1.61. The van der Waals surface area contributed by atoms with Crippen LogP contribution < -0.4 is 5.73 Å². The minimum Gasteiger partial charge on any atom is -0.397 e. The molecule has 0 bridgehead atoms. The normalized spacial score (nSPS) is 10.0. The van der Waals surface area contributed by atoms with Crippen molar-refractivity contribution in [3.05, 3.63) is 41.3 Å². The number of anilines is 1. The van der Waals surface area contributed by atoms with E-state index in [4.69, 9.17) is 5.73 Å². The fourth-order valence-electron chi connectivity index (χ4n) is 1.26. The van der Waals surface area contributed by atoms with Crippen LogP contribution in [0.5, 0.6) is 0 Å². The van der Waals surface area contributed by atoms with Gasteiger partial charge in [-0.15, -0.1) is 11.3 Å². The highest BCUT2D eigenvalue weighted by Crippen LogP contribution is 2.31. The van der Waals surface area contributed by atoms with Crippen LogP contribution in [0.2, 0.25) is 0 Å². The molecule has 0 aliphatic carbocycles. The maximum absolute atomic E-state index is 10.6. The Kier molecular flexibility index (Phi) is 2.33. The Morgan fingerprint density at radius 2 is 1.93 bits per heavy atom. The lowest BCUT2D eigenvalue weighted by Gasteiger charge is -1.93. The maximum Gasteiger partial charge on any atom is 0.162 e. The third kappa shape index (κ3) is 1.54. The highest BCUT2D eigenvalue weighted by atomic mass is 32.1. The third-order valence-corrected chi connectivity index (χ3v) is 3.08. The van der Waals surface area contributed by atoms with Crippen molar-refractivity contribution in [3.8, 4) is 10.4 Å². The number of carbonyl (C=O) groups excluding carboxylic acids is 1. The molecule has 1 heterocycles. The van der Waals surface area contributed by atoms with Gasteiger partial charge in [0.2, 0.25) is 0 Å². The summed E-state index contributed by atoms with van der Waals surface area (Å²) in [4.78, 5) is 12.2. The van der Waals surface area contributed by atoms with E-state index in [2.05, 4.69) is 0 Å². The third-order valence-electron chi connectivity index (χ3n) is 1.96. The van der Waals surface area contributed by atoms with Crippen LogP contribution in [-0.2, 0) is 0 Å². The summed E-state index contributed by atoms with van der Waals surface area (Å²) in [6, 6.07) is 11.7. The van der Waals surface area contributed by atoms with Gasteiger partial charge in [-0.1, -0.05) is 30.3 Å². The van der Waals surface area contributed by atoms with E-state index in [1.165, 1.54) is 11.3 Å². The van der Waals surface area contributed by atoms with Gasteiger partial charge in [0, 0.05) is 4.88 Å². The minimum atomic E-state index is 0.559. The lowest BCUT2D eigenvalue weighted by Crippen LogP contribution is -1.84. The summed E-state index contributed by atoms with van der Waals surface area (Å²) in [6.07, 6.45) is 0.798. The average Bonchev–Trinajstić information content (AvgIpc) is 2.61. The zero-order valence-corrected chi connectivity index (χ0v) is 8.25. The van der Waals surface area contributed by atoms with Crippen molar-refractivity contribution >= 4 is 23.3 Å². The Morgan fingerprint density at radius 1 is 1.21 bits per heavy atom. The second-order valence-corrected chi connectivity index (χ2v) is 4.00. The van der Waals surface area contributed by atoms with Gasteiger partial charge in [0.25, 0.3) is 0 Å². The predicted molar refractivity (Wildman–Crippen MR) is 59.6 cm³/mol. The smallest absolute Gasteiger partial charge is 0.162 e. The molecule has 0 unspecified atom stereocenters. The van der Waals surface area contributed by atoms with E-state index >= 15 is 0 Å². The van der Waals surface area contributed by atoms with Gasteiger partial charge in [0.05, 0.1) is 10.6 Å². The predicted octanol–water partition coefficient (Wildman–Crippen LogP) is 2.81. The molecule has 0 radical (unpaired) electrons. The van der Waals surface area contributed by atoms with Crippen molar-refractivity contribution < 1.29 is 4.79 Å². The number of aldehydes is 1. The molecule has 0 spiro atoms. The Balaban J connectivity index is 2.48. The van der Waals surface area contributed by atoms with Gasteiger partial charge in [-0.25, -0.2) is 0 Å². The van der Waals surface area contributed by atoms with Crippen molar-refractivity contribution in [3.63, 3.8) is 0 Å². The molecule has 1 aromatic heterocycles. The van der Waals surface area contributed by atoms with Crippen LogP contribution in [0.3, 0.4) is 0 Å². The van der Waals surface area contributed by atoms with Gasteiger partial charge in [-0.2, -0.15) is 0 Å². The summed E-state index contributed by atoms with van der Waals surface area (Å²) in [5.41, 5.74) is 7.32. The van der Waals surface area contributed by atoms with Gasteiger partial charge in [0.15, 0.2) is 6.29 Å². The lowest BCUT2D eigenvalue weighted by atomic mass is 10.2. The van der Waals surface area contributed by atoms with Gasteiger partial charge in [-0.3, -0.25) is 4.79 Å². The SMILES string of the molecule is Nc1cc(-c2ccccc2)sc1C=O. The van der Waals surface area contributed by atoms with E-state index in [1.807, 2.05) is 36.4 Å².